The fraction of sp³-hybridized carbons (Fsp3) is 0.167. The summed E-state index contributed by atoms with van der Waals surface area (Å²) in [5.74, 6) is 1.13. The van der Waals surface area contributed by atoms with Crippen LogP contribution in [0.5, 0.6) is 5.75 Å². The Kier molecular flexibility index (Phi) is 4.66. The van der Waals surface area contributed by atoms with E-state index in [0.29, 0.717) is 18.0 Å². The summed E-state index contributed by atoms with van der Waals surface area (Å²) in [6.45, 7) is 2.69. The molecule has 0 aliphatic carbocycles. The van der Waals surface area contributed by atoms with E-state index >= 15 is 0 Å². The Balaban J connectivity index is 1.96. The molecule has 5 nitrogen and oxygen atoms in total. The second-order valence-corrected chi connectivity index (χ2v) is 7.05. The maximum atomic E-state index is 12.8. The molecule has 0 spiro atoms. The summed E-state index contributed by atoms with van der Waals surface area (Å²) < 4.78 is 32.3. The Hall–Kier alpha value is -2.60. The minimum atomic E-state index is -3.68. The van der Waals surface area contributed by atoms with Crippen molar-refractivity contribution in [2.75, 3.05) is 6.61 Å². The zero-order valence-electron chi connectivity index (χ0n) is 13.3. The molecule has 0 aliphatic heterocycles. The lowest BCUT2D eigenvalue weighted by atomic mass is 10.2. The molecule has 0 bridgehead atoms. The highest BCUT2D eigenvalue weighted by molar-refractivity contribution is 7.90. The summed E-state index contributed by atoms with van der Waals surface area (Å²) in [5.41, 5.74) is 0.711. The normalized spacial score (nSPS) is 11.4. The van der Waals surface area contributed by atoms with Crippen molar-refractivity contribution in [3.05, 3.63) is 67.0 Å². The van der Waals surface area contributed by atoms with Crippen LogP contribution >= 0.6 is 0 Å². The van der Waals surface area contributed by atoms with Crippen LogP contribution in [-0.2, 0) is 10.0 Å². The highest BCUT2D eigenvalue weighted by atomic mass is 32.2. The Morgan fingerprint density at radius 2 is 1.75 bits per heavy atom. The molecule has 1 aromatic heterocycles. The first-order valence-corrected chi connectivity index (χ1v) is 9.14. The van der Waals surface area contributed by atoms with Crippen LogP contribution in [0.4, 0.5) is 0 Å². The van der Waals surface area contributed by atoms with Crippen LogP contribution in [0.3, 0.4) is 0 Å². The van der Waals surface area contributed by atoms with Crippen LogP contribution in [0.2, 0.25) is 0 Å². The largest absolute Gasteiger partial charge is 0.494 e. The summed E-state index contributed by atoms with van der Waals surface area (Å²) in [4.78, 5) is 4.44. The molecule has 3 rings (SSSR count). The van der Waals surface area contributed by atoms with E-state index < -0.39 is 10.0 Å². The number of imidazole rings is 1. The maximum absolute atomic E-state index is 12.8. The summed E-state index contributed by atoms with van der Waals surface area (Å²) in [7, 11) is -3.68. The first kappa shape index (κ1) is 16.3. The van der Waals surface area contributed by atoms with E-state index in [4.69, 9.17) is 4.74 Å². The second kappa shape index (κ2) is 6.88. The number of benzene rings is 2. The molecule has 0 aliphatic rings. The first-order chi connectivity index (χ1) is 11.6. The number of hydrogen-bond acceptors (Lipinski definition) is 4. The molecule has 0 fully saturated rings. The van der Waals surface area contributed by atoms with Gasteiger partial charge in [-0.1, -0.05) is 25.1 Å². The SMILES string of the molecule is CCCOc1ccc(-c2nccn2S(=O)(=O)c2ccccc2)cc1. The third-order valence-electron chi connectivity index (χ3n) is 3.49. The smallest absolute Gasteiger partial charge is 0.269 e. The zero-order valence-corrected chi connectivity index (χ0v) is 14.1. The van der Waals surface area contributed by atoms with Crippen molar-refractivity contribution in [2.45, 2.75) is 18.2 Å². The highest BCUT2D eigenvalue weighted by Crippen LogP contribution is 2.24. The molecule has 24 heavy (non-hydrogen) atoms. The van der Waals surface area contributed by atoms with E-state index in [2.05, 4.69) is 4.98 Å². The van der Waals surface area contributed by atoms with Gasteiger partial charge in [0.05, 0.1) is 11.5 Å². The maximum Gasteiger partial charge on any atom is 0.269 e. The molecule has 0 saturated carbocycles. The minimum Gasteiger partial charge on any atom is -0.494 e. The molecule has 0 amide bonds. The van der Waals surface area contributed by atoms with E-state index in [1.54, 1.807) is 30.3 Å². The molecular formula is C18H18N2O3S. The van der Waals surface area contributed by atoms with Gasteiger partial charge in [0, 0.05) is 18.0 Å². The molecule has 0 radical (unpaired) electrons. The predicted molar refractivity (Wildman–Crippen MR) is 92.5 cm³/mol. The highest BCUT2D eigenvalue weighted by Gasteiger charge is 2.20. The van der Waals surface area contributed by atoms with Gasteiger partial charge in [-0.15, -0.1) is 0 Å². The van der Waals surface area contributed by atoms with Gasteiger partial charge in [-0.25, -0.2) is 17.4 Å². The molecule has 0 unspecified atom stereocenters. The lowest BCUT2D eigenvalue weighted by Gasteiger charge is -2.10. The van der Waals surface area contributed by atoms with E-state index in [-0.39, 0.29) is 4.90 Å². The number of ether oxygens (including phenoxy) is 1. The Labute approximate surface area is 141 Å². The predicted octanol–water partition coefficient (Wildman–Crippen LogP) is 3.58. The van der Waals surface area contributed by atoms with Gasteiger partial charge in [-0.2, -0.15) is 0 Å². The van der Waals surface area contributed by atoms with Crippen LogP contribution in [0.15, 0.2) is 71.9 Å². The van der Waals surface area contributed by atoms with Gasteiger partial charge < -0.3 is 4.74 Å². The monoisotopic (exact) mass is 342 g/mol. The lowest BCUT2D eigenvalue weighted by Crippen LogP contribution is -2.13. The van der Waals surface area contributed by atoms with Crippen molar-refractivity contribution in [1.29, 1.82) is 0 Å². The molecule has 0 N–H and O–H groups in total. The Morgan fingerprint density at radius 3 is 2.42 bits per heavy atom. The summed E-state index contributed by atoms with van der Waals surface area (Å²) in [6, 6.07) is 15.6. The fourth-order valence-electron chi connectivity index (χ4n) is 2.31. The van der Waals surface area contributed by atoms with Crippen LogP contribution in [0, 0.1) is 0 Å². The molecule has 124 valence electrons. The van der Waals surface area contributed by atoms with Gasteiger partial charge in [-0.05, 0) is 42.8 Å². The fourth-order valence-corrected chi connectivity index (χ4v) is 3.64. The summed E-state index contributed by atoms with van der Waals surface area (Å²) in [6.07, 6.45) is 3.87. The van der Waals surface area contributed by atoms with Crippen molar-refractivity contribution in [2.24, 2.45) is 0 Å². The summed E-state index contributed by atoms with van der Waals surface area (Å²) in [5, 5.41) is 0. The average molecular weight is 342 g/mol. The van der Waals surface area contributed by atoms with Gasteiger partial charge in [0.25, 0.3) is 10.0 Å². The molecule has 2 aromatic carbocycles. The minimum absolute atomic E-state index is 0.229. The molecule has 0 saturated heterocycles. The zero-order chi connectivity index (χ0) is 17.0. The van der Waals surface area contributed by atoms with Crippen LogP contribution in [-0.4, -0.2) is 24.0 Å². The van der Waals surface area contributed by atoms with Crippen LogP contribution in [0.1, 0.15) is 13.3 Å². The van der Waals surface area contributed by atoms with E-state index in [1.165, 1.54) is 16.4 Å². The van der Waals surface area contributed by atoms with E-state index in [9.17, 15) is 8.42 Å². The number of aromatic nitrogens is 2. The van der Waals surface area contributed by atoms with Gasteiger partial charge in [0.2, 0.25) is 0 Å². The lowest BCUT2D eigenvalue weighted by molar-refractivity contribution is 0.317. The molecule has 3 aromatic rings. The van der Waals surface area contributed by atoms with Crippen LogP contribution in [0.25, 0.3) is 11.4 Å². The van der Waals surface area contributed by atoms with Gasteiger partial charge in [0.1, 0.15) is 5.75 Å². The topological polar surface area (TPSA) is 61.2 Å². The van der Waals surface area contributed by atoms with Crippen molar-refractivity contribution in [1.82, 2.24) is 8.96 Å². The molecule has 1 heterocycles. The van der Waals surface area contributed by atoms with E-state index in [1.807, 2.05) is 31.2 Å². The number of hydrogen-bond donors (Lipinski definition) is 0. The Morgan fingerprint density at radius 1 is 1.04 bits per heavy atom. The average Bonchev–Trinajstić information content (AvgIpc) is 3.12. The molecule has 0 atom stereocenters. The Bertz CT molecular complexity index is 901. The first-order valence-electron chi connectivity index (χ1n) is 7.70. The number of rotatable bonds is 6. The van der Waals surface area contributed by atoms with Gasteiger partial charge in [-0.3, -0.25) is 0 Å². The van der Waals surface area contributed by atoms with E-state index in [0.717, 1.165) is 12.2 Å². The quantitative estimate of drug-likeness (QED) is 0.687. The third-order valence-corrected chi connectivity index (χ3v) is 5.17. The van der Waals surface area contributed by atoms with Crippen molar-refractivity contribution < 1.29 is 13.2 Å². The standard InChI is InChI=1S/C18H18N2O3S/c1-2-14-23-16-10-8-15(9-11-16)18-19-12-13-20(18)24(21,22)17-6-4-3-5-7-17/h3-13H,2,14H2,1H3. The third kappa shape index (κ3) is 3.19. The van der Waals surface area contributed by atoms with Gasteiger partial charge >= 0.3 is 0 Å². The number of nitrogens with zero attached hydrogens (tertiary/aromatic N) is 2. The molecular weight excluding hydrogens is 324 g/mol. The van der Waals surface area contributed by atoms with Gasteiger partial charge in [0.15, 0.2) is 5.82 Å². The van der Waals surface area contributed by atoms with Crippen molar-refractivity contribution in [3.63, 3.8) is 0 Å². The second-order valence-electron chi connectivity index (χ2n) is 5.24. The molecule has 6 heteroatoms. The van der Waals surface area contributed by atoms with Crippen LogP contribution < -0.4 is 4.74 Å². The van der Waals surface area contributed by atoms with Crippen molar-refractivity contribution in [3.8, 4) is 17.1 Å². The van der Waals surface area contributed by atoms with Crippen molar-refractivity contribution >= 4 is 10.0 Å². The summed E-state index contributed by atoms with van der Waals surface area (Å²) >= 11 is 0.